The average molecular weight is 218 g/mol. The molecule has 2 aliphatic rings. The van der Waals surface area contributed by atoms with Crippen LogP contribution in [0.3, 0.4) is 0 Å². The molecule has 2 rings (SSSR count). The SMILES string of the molecule is C=C(C)C1=C(C(=C)C)CC2(CCC2)C1.CC. The van der Waals surface area contributed by atoms with Gasteiger partial charge in [-0.3, -0.25) is 0 Å². The van der Waals surface area contributed by atoms with Crippen molar-refractivity contribution in [2.24, 2.45) is 5.41 Å². The molecule has 1 fully saturated rings. The highest BCUT2D eigenvalue weighted by molar-refractivity contribution is 5.46. The van der Waals surface area contributed by atoms with Gasteiger partial charge in [-0.05, 0) is 56.1 Å². The lowest BCUT2D eigenvalue weighted by atomic mass is 9.66. The summed E-state index contributed by atoms with van der Waals surface area (Å²) in [7, 11) is 0. The highest BCUT2D eigenvalue weighted by atomic mass is 14.5. The van der Waals surface area contributed by atoms with Crippen molar-refractivity contribution in [1.29, 1.82) is 0 Å². The molecule has 1 saturated carbocycles. The molecule has 0 unspecified atom stereocenters. The zero-order valence-corrected chi connectivity index (χ0v) is 11.4. The lowest BCUT2D eigenvalue weighted by Gasteiger charge is -2.39. The van der Waals surface area contributed by atoms with Gasteiger partial charge in [-0.2, -0.15) is 0 Å². The maximum absolute atomic E-state index is 4.09. The molecule has 0 saturated heterocycles. The Labute approximate surface area is 101 Å². The first-order valence-electron chi connectivity index (χ1n) is 6.58. The van der Waals surface area contributed by atoms with Crippen LogP contribution in [-0.2, 0) is 0 Å². The van der Waals surface area contributed by atoms with Crippen LogP contribution in [0.25, 0.3) is 0 Å². The van der Waals surface area contributed by atoms with Gasteiger partial charge in [0.15, 0.2) is 0 Å². The van der Waals surface area contributed by atoms with E-state index in [-0.39, 0.29) is 0 Å². The van der Waals surface area contributed by atoms with Crippen LogP contribution in [0.5, 0.6) is 0 Å². The molecule has 0 amide bonds. The summed E-state index contributed by atoms with van der Waals surface area (Å²) in [4.78, 5) is 0. The van der Waals surface area contributed by atoms with Crippen LogP contribution >= 0.6 is 0 Å². The predicted molar refractivity (Wildman–Crippen MR) is 73.5 cm³/mol. The van der Waals surface area contributed by atoms with E-state index in [0.29, 0.717) is 5.41 Å². The molecule has 0 aliphatic heterocycles. The molecule has 0 nitrogen and oxygen atoms in total. The molecule has 0 radical (unpaired) electrons. The highest BCUT2D eigenvalue weighted by Crippen LogP contribution is 2.57. The minimum Gasteiger partial charge on any atom is -0.0958 e. The zero-order valence-electron chi connectivity index (χ0n) is 11.4. The molecule has 0 aromatic heterocycles. The molecule has 0 atom stereocenters. The van der Waals surface area contributed by atoms with E-state index in [1.54, 1.807) is 0 Å². The van der Waals surface area contributed by atoms with Gasteiger partial charge < -0.3 is 0 Å². The van der Waals surface area contributed by atoms with Crippen molar-refractivity contribution >= 4 is 0 Å². The van der Waals surface area contributed by atoms with Crippen molar-refractivity contribution in [2.75, 3.05) is 0 Å². The van der Waals surface area contributed by atoms with E-state index in [1.807, 2.05) is 13.8 Å². The Morgan fingerprint density at radius 3 is 1.50 bits per heavy atom. The minimum atomic E-state index is 0.628. The van der Waals surface area contributed by atoms with Crippen LogP contribution in [-0.4, -0.2) is 0 Å². The summed E-state index contributed by atoms with van der Waals surface area (Å²) in [6, 6.07) is 0. The van der Waals surface area contributed by atoms with Gasteiger partial charge >= 0.3 is 0 Å². The van der Waals surface area contributed by atoms with Crippen molar-refractivity contribution in [3.8, 4) is 0 Å². The summed E-state index contributed by atoms with van der Waals surface area (Å²) in [5, 5.41) is 0. The van der Waals surface area contributed by atoms with Crippen LogP contribution < -0.4 is 0 Å². The van der Waals surface area contributed by atoms with Crippen molar-refractivity contribution in [1.82, 2.24) is 0 Å². The van der Waals surface area contributed by atoms with Crippen molar-refractivity contribution in [3.05, 3.63) is 35.5 Å². The maximum atomic E-state index is 4.09. The Morgan fingerprint density at radius 2 is 1.31 bits per heavy atom. The van der Waals surface area contributed by atoms with Crippen LogP contribution in [0.4, 0.5) is 0 Å². The number of rotatable bonds is 2. The van der Waals surface area contributed by atoms with Gasteiger partial charge in [0.25, 0.3) is 0 Å². The topological polar surface area (TPSA) is 0 Å². The van der Waals surface area contributed by atoms with E-state index in [4.69, 9.17) is 0 Å². The smallest absolute Gasteiger partial charge is 0.0214 e. The van der Waals surface area contributed by atoms with E-state index >= 15 is 0 Å². The average Bonchev–Trinajstić information content (AvgIpc) is 2.60. The normalized spacial score (nSPS) is 21.2. The Hall–Kier alpha value is -0.780. The second-order valence-electron chi connectivity index (χ2n) is 5.22. The fourth-order valence-electron chi connectivity index (χ4n) is 2.87. The summed E-state index contributed by atoms with van der Waals surface area (Å²) in [5.41, 5.74) is 6.16. The fourth-order valence-corrected chi connectivity index (χ4v) is 2.87. The minimum absolute atomic E-state index is 0.628. The Balaban J connectivity index is 0.000000606. The lowest BCUT2D eigenvalue weighted by molar-refractivity contribution is 0.149. The third-order valence-electron chi connectivity index (χ3n) is 3.91. The molecule has 1 spiro atoms. The second kappa shape index (κ2) is 5.03. The quantitative estimate of drug-likeness (QED) is 0.580. The van der Waals surface area contributed by atoms with E-state index in [2.05, 4.69) is 27.0 Å². The van der Waals surface area contributed by atoms with Gasteiger partial charge in [-0.1, -0.05) is 44.6 Å². The number of hydrogen-bond acceptors (Lipinski definition) is 0. The summed E-state index contributed by atoms with van der Waals surface area (Å²) in [5.74, 6) is 0. The summed E-state index contributed by atoms with van der Waals surface area (Å²) in [6.07, 6.45) is 6.79. The van der Waals surface area contributed by atoms with Crippen LogP contribution in [0.2, 0.25) is 0 Å². The second-order valence-corrected chi connectivity index (χ2v) is 5.22. The van der Waals surface area contributed by atoms with Gasteiger partial charge in [-0.25, -0.2) is 0 Å². The fraction of sp³-hybridized carbons (Fsp3) is 0.625. The molecule has 2 aliphatic carbocycles. The first kappa shape index (κ1) is 13.3. The predicted octanol–water partition coefficient (Wildman–Crippen LogP) is 5.43. The Morgan fingerprint density at radius 1 is 0.938 bits per heavy atom. The van der Waals surface area contributed by atoms with E-state index < -0.39 is 0 Å². The molecule has 90 valence electrons. The molecule has 0 heterocycles. The van der Waals surface area contributed by atoms with Gasteiger partial charge in [0.05, 0.1) is 0 Å². The Bertz CT molecular complexity index is 296. The van der Waals surface area contributed by atoms with Gasteiger partial charge in [0.2, 0.25) is 0 Å². The summed E-state index contributed by atoms with van der Waals surface area (Å²) >= 11 is 0. The monoisotopic (exact) mass is 218 g/mol. The van der Waals surface area contributed by atoms with E-state index in [1.165, 1.54) is 54.4 Å². The first-order chi connectivity index (χ1) is 7.54. The zero-order chi connectivity index (χ0) is 12.3. The van der Waals surface area contributed by atoms with Crippen molar-refractivity contribution in [2.45, 2.75) is 59.8 Å². The third-order valence-corrected chi connectivity index (χ3v) is 3.91. The lowest BCUT2D eigenvalue weighted by Crippen LogP contribution is -2.26. The maximum Gasteiger partial charge on any atom is -0.0214 e. The first-order valence-corrected chi connectivity index (χ1v) is 6.58. The standard InChI is InChI=1S/C14H20.C2H6/c1-10(2)12-8-14(6-5-7-14)9-13(12)11(3)4;1-2/h1,3,5-9H2,2,4H3;1-2H3. The van der Waals surface area contributed by atoms with Crippen LogP contribution in [0.15, 0.2) is 35.5 Å². The Kier molecular flexibility index (Phi) is 4.18. The van der Waals surface area contributed by atoms with E-state index in [0.717, 1.165) is 0 Å². The third kappa shape index (κ3) is 2.31. The molecule has 0 heteroatoms. The summed E-state index contributed by atoms with van der Waals surface area (Å²) in [6.45, 7) is 16.5. The van der Waals surface area contributed by atoms with Gasteiger partial charge in [0, 0.05) is 0 Å². The molecule has 0 bridgehead atoms. The van der Waals surface area contributed by atoms with Crippen LogP contribution in [0.1, 0.15) is 59.8 Å². The molecule has 0 aromatic rings. The molecule has 0 N–H and O–H groups in total. The van der Waals surface area contributed by atoms with Crippen LogP contribution in [0, 0.1) is 5.41 Å². The largest absolute Gasteiger partial charge is 0.0958 e. The molecular weight excluding hydrogens is 192 g/mol. The van der Waals surface area contributed by atoms with Crippen molar-refractivity contribution < 1.29 is 0 Å². The van der Waals surface area contributed by atoms with Crippen molar-refractivity contribution in [3.63, 3.8) is 0 Å². The molecular formula is C16H26. The van der Waals surface area contributed by atoms with E-state index in [9.17, 15) is 0 Å². The molecule has 16 heavy (non-hydrogen) atoms. The number of hydrogen-bond donors (Lipinski definition) is 0. The highest BCUT2D eigenvalue weighted by Gasteiger charge is 2.43. The number of allylic oxidation sites excluding steroid dienone is 4. The van der Waals surface area contributed by atoms with Gasteiger partial charge in [0.1, 0.15) is 0 Å². The van der Waals surface area contributed by atoms with Gasteiger partial charge in [-0.15, -0.1) is 0 Å². The molecule has 0 aromatic carbocycles. The summed E-state index contributed by atoms with van der Waals surface area (Å²) < 4.78 is 0.